The Labute approximate surface area is 200 Å². The molecule has 0 aliphatic carbocycles. The first-order valence-corrected chi connectivity index (χ1v) is 13.7. The number of hydrogen-bond acceptors (Lipinski definition) is 9. The number of pyridine rings is 1. The van der Waals surface area contributed by atoms with E-state index >= 15 is 0 Å². The van der Waals surface area contributed by atoms with E-state index in [4.69, 9.17) is 0 Å². The molecule has 1 atom stereocenters. The molecule has 0 radical (unpaired) electrons. The van der Waals surface area contributed by atoms with Gasteiger partial charge in [-0.05, 0) is 37.3 Å². The first-order chi connectivity index (χ1) is 15.9. The van der Waals surface area contributed by atoms with Crippen LogP contribution in [0.1, 0.15) is 25.5 Å². The van der Waals surface area contributed by atoms with Crippen LogP contribution in [0.2, 0.25) is 0 Å². The summed E-state index contributed by atoms with van der Waals surface area (Å²) in [6, 6.07) is 3.51. The maximum atomic E-state index is 13.1. The molecule has 4 heterocycles. The summed E-state index contributed by atoms with van der Waals surface area (Å²) in [6.07, 6.45) is 4.67. The lowest BCUT2D eigenvalue weighted by Gasteiger charge is -2.40. The van der Waals surface area contributed by atoms with Crippen LogP contribution in [0.25, 0.3) is 10.1 Å². The lowest BCUT2D eigenvalue weighted by molar-refractivity contribution is -0.155. The quantitative estimate of drug-likeness (QED) is 0.452. The van der Waals surface area contributed by atoms with Crippen LogP contribution in [0.4, 0.5) is 0 Å². The van der Waals surface area contributed by atoms with E-state index in [9.17, 15) is 28.2 Å². The van der Waals surface area contributed by atoms with Crippen molar-refractivity contribution in [2.45, 2.75) is 49.8 Å². The normalized spacial score (nSPS) is 18.2. The van der Waals surface area contributed by atoms with Gasteiger partial charge in [-0.3, -0.25) is 9.59 Å². The van der Waals surface area contributed by atoms with Gasteiger partial charge in [0, 0.05) is 36.4 Å². The average Bonchev–Trinajstić information content (AvgIpc) is 3.38. The van der Waals surface area contributed by atoms with Gasteiger partial charge in [-0.1, -0.05) is 5.21 Å². The number of carbonyl (C=O) groups is 1. The molecule has 1 unspecified atom stereocenters. The van der Waals surface area contributed by atoms with Gasteiger partial charge in [-0.2, -0.15) is 0 Å². The summed E-state index contributed by atoms with van der Waals surface area (Å²) in [6.45, 7) is 1.75. The summed E-state index contributed by atoms with van der Waals surface area (Å²) in [7, 11) is -3.24. The lowest BCUT2D eigenvalue weighted by atomic mass is 9.90. The van der Waals surface area contributed by atoms with Crippen molar-refractivity contribution in [2.75, 3.05) is 19.3 Å². The zero-order chi connectivity index (χ0) is 24.7. The first-order valence-electron chi connectivity index (χ1n) is 10.7. The molecular formula is C21H27N5O6S2. The molecule has 0 bridgehead atoms. The molecule has 3 aromatic rings. The second-order valence-electron chi connectivity index (χ2n) is 9.22. The summed E-state index contributed by atoms with van der Waals surface area (Å²) in [5.41, 5.74) is -2.91. The molecule has 11 nitrogen and oxygen atoms in total. The molecule has 0 spiro atoms. The van der Waals surface area contributed by atoms with Gasteiger partial charge in [0.2, 0.25) is 0 Å². The molecule has 0 aromatic carbocycles. The molecule has 0 saturated carbocycles. The monoisotopic (exact) mass is 509 g/mol. The van der Waals surface area contributed by atoms with Gasteiger partial charge >= 0.3 is 0 Å². The van der Waals surface area contributed by atoms with E-state index in [1.54, 1.807) is 18.3 Å². The predicted octanol–water partition coefficient (Wildman–Crippen LogP) is 0.00380. The van der Waals surface area contributed by atoms with Crippen molar-refractivity contribution in [1.29, 1.82) is 0 Å². The number of aliphatic hydroxyl groups is 2. The molecule has 2 N–H and O–H groups in total. The fraction of sp³-hybridized carbons (Fsp3) is 0.524. The Balaban J connectivity index is 1.38. The van der Waals surface area contributed by atoms with E-state index in [-0.39, 0.29) is 50.3 Å². The zero-order valence-electron chi connectivity index (χ0n) is 18.9. The number of rotatable bonds is 7. The number of hydrogen-bond donors (Lipinski definition) is 2. The molecule has 1 amide bonds. The number of fused-ring (bicyclic) bond motifs is 1. The van der Waals surface area contributed by atoms with Crippen molar-refractivity contribution in [3.05, 3.63) is 46.0 Å². The molecule has 1 aliphatic heterocycles. The van der Waals surface area contributed by atoms with E-state index in [0.717, 1.165) is 11.0 Å². The van der Waals surface area contributed by atoms with Crippen molar-refractivity contribution in [1.82, 2.24) is 24.5 Å². The van der Waals surface area contributed by atoms with Gasteiger partial charge < -0.3 is 19.7 Å². The molecule has 1 fully saturated rings. The van der Waals surface area contributed by atoms with Crippen molar-refractivity contribution >= 4 is 37.2 Å². The Kier molecular flexibility index (Phi) is 6.40. The Morgan fingerprint density at radius 2 is 2.00 bits per heavy atom. The van der Waals surface area contributed by atoms with Crippen LogP contribution >= 0.6 is 11.3 Å². The number of piperidine rings is 1. The third-order valence-electron chi connectivity index (χ3n) is 5.97. The number of thiophene rings is 1. The molecule has 34 heavy (non-hydrogen) atoms. The number of likely N-dealkylation sites (tertiary alicyclic amines) is 1. The van der Waals surface area contributed by atoms with Gasteiger partial charge in [0.25, 0.3) is 11.5 Å². The Morgan fingerprint density at radius 3 is 2.68 bits per heavy atom. The fourth-order valence-corrected chi connectivity index (χ4v) is 5.65. The predicted molar refractivity (Wildman–Crippen MR) is 126 cm³/mol. The van der Waals surface area contributed by atoms with Gasteiger partial charge in [-0.15, -0.1) is 16.4 Å². The average molecular weight is 510 g/mol. The smallest absolute Gasteiger partial charge is 0.259 e. The summed E-state index contributed by atoms with van der Waals surface area (Å²) < 4.78 is 26.4. The second-order valence-corrected chi connectivity index (χ2v) is 12.3. The third-order valence-corrected chi connectivity index (χ3v) is 7.67. The van der Waals surface area contributed by atoms with Crippen LogP contribution in [0.3, 0.4) is 0 Å². The summed E-state index contributed by atoms with van der Waals surface area (Å²) in [4.78, 5) is 27.2. The number of aromatic nitrogens is 4. The number of sulfone groups is 1. The highest BCUT2D eigenvalue weighted by Gasteiger charge is 2.40. The van der Waals surface area contributed by atoms with Crippen LogP contribution in [-0.4, -0.2) is 79.5 Å². The Morgan fingerprint density at radius 1 is 1.29 bits per heavy atom. The van der Waals surface area contributed by atoms with E-state index < -0.39 is 26.9 Å². The maximum absolute atomic E-state index is 13.1. The third kappa shape index (κ3) is 5.37. The van der Waals surface area contributed by atoms with Crippen molar-refractivity contribution < 1.29 is 23.4 Å². The van der Waals surface area contributed by atoms with Crippen molar-refractivity contribution in [3.63, 3.8) is 0 Å². The highest BCUT2D eigenvalue weighted by atomic mass is 32.2. The van der Waals surface area contributed by atoms with Crippen LogP contribution < -0.4 is 5.56 Å². The highest BCUT2D eigenvalue weighted by molar-refractivity contribution is 7.89. The van der Waals surface area contributed by atoms with Crippen LogP contribution in [0.15, 0.2) is 34.7 Å². The minimum absolute atomic E-state index is 0.109. The molecule has 3 aromatic heterocycles. The minimum Gasteiger partial charge on any atom is -0.388 e. The fourth-order valence-electron chi connectivity index (χ4n) is 4.21. The van der Waals surface area contributed by atoms with Gasteiger partial charge in [-0.25, -0.2) is 13.1 Å². The molecule has 1 aliphatic rings. The van der Waals surface area contributed by atoms with Gasteiger partial charge in [0.05, 0.1) is 35.5 Å². The van der Waals surface area contributed by atoms with Crippen LogP contribution in [0, 0.1) is 0 Å². The molecule has 13 heteroatoms. The lowest BCUT2D eigenvalue weighted by Crippen LogP contribution is -2.55. The summed E-state index contributed by atoms with van der Waals surface area (Å²) >= 11 is 1.45. The number of nitrogens with zero attached hydrogens (tertiary/aromatic N) is 5. The highest BCUT2D eigenvalue weighted by Crippen LogP contribution is 2.26. The standard InChI is InChI=1S/C21H27N5O6S2/c1-20(29,13-25-7-3-17-16(18(25)27)4-10-33-17)19(28)24-8-5-21(30,6-9-24)14-26-11-15(22-23-26)12-34(2,31)32/h3-4,7,10-11,29-30H,5-6,8-9,12-14H2,1-2H3. The minimum atomic E-state index is -3.24. The topological polar surface area (TPSA) is 148 Å². The molecular weight excluding hydrogens is 482 g/mol. The summed E-state index contributed by atoms with van der Waals surface area (Å²) in [5.74, 6) is -0.742. The molecule has 4 rings (SSSR count). The SMILES string of the molecule is CC(O)(Cn1ccc2sccc2c1=O)C(=O)N1CCC(O)(Cn2cc(CS(C)(=O)=O)nn2)CC1. The van der Waals surface area contributed by atoms with Gasteiger partial charge in [0.1, 0.15) is 0 Å². The Hall–Kier alpha value is -2.61. The first kappa shape index (κ1) is 24.5. The molecule has 1 saturated heterocycles. The number of carbonyl (C=O) groups excluding carboxylic acids is 1. The van der Waals surface area contributed by atoms with Crippen molar-refractivity contribution in [2.24, 2.45) is 0 Å². The maximum Gasteiger partial charge on any atom is 0.259 e. The van der Waals surface area contributed by atoms with E-state index in [1.807, 2.05) is 5.38 Å². The van der Waals surface area contributed by atoms with Crippen LogP contribution in [0.5, 0.6) is 0 Å². The van der Waals surface area contributed by atoms with E-state index in [1.165, 1.54) is 38.6 Å². The summed E-state index contributed by atoms with van der Waals surface area (Å²) in [5, 5.41) is 32.0. The van der Waals surface area contributed by atoms with Crippen molar-refractivity contribution in [3.8, 4) is 0 Å². The van der Waals surface area contributed by atoms with Crippen LogP contribution in [-0.2, 0) is 33.5 Å². The zero-order valence-corrected chi connectivity index (χ0v) is 20.5. The van der Waals surface area contributed by atoms with E-state index in [2.05, 4.69) is 10.3 Å². The van der Waals surface area contributed by atoms with E-state index in [0.29, 0.717) is 11.1 Å². The number of amides is 1. The Bertz CT molecular complexity index is 1370. The largest absolute Gasteiger partial charge is 0.388 e. The molecule has 184 valence electrons. The van der Waals surface area contributed by atoms with Gasteiger partial charge in [0.15, 0.2) is 15.4 Å². The second kappa shape index (κ2) is 8.87.